The van der Waals surface area contributed by atoms with E-state index in [1.165, 1.54) is 16.0 Å². The summed E-state index contributed by atoms with van der Waals surface area (Å²) in [7, 11) is 0. The molecule has 0 saturated heterocycles. The molecule has 0 fully saturated rings. The van der Waals surface area contributed by atoms with Gasteiger partial charge in [-0.05, 0) is 35.4 Å². The third kappa shape index (κ3) is 6.79. The van der Waals surface area contributed by atoms with E-state index in [2.05, 4.69) is 54.6 Å². The Morgan fingerprint density at radius 3 is 1.71 bits per heavy atom. The molecule has 170 valence electrons. The second-order valence-electron chi connectivity index (χ2n) is 8.46. The summed E-state index contributed by atoms with van der Waals surface area (Å²) in [6.45, 7) is 2.51. The highest BCUT2D eigenvalue weighted by Crippen LogP contribution is 2.22. The predicted octanol–water partition coefficient (Wildman–Crippen LogP) is 4.25. The van der Waals surface area contributed by atoms with Gasteiger partial charge in [0.05, 0.1) is 11.6 Å². The second-order valence-corrected chi connectivity index (χ2v) is 8.46. The lowest BCUT2D eigenvalue weighted by Crippen LogP contribution is -3.10. The van der Waals surface area contributed by atoms with Gasteiger partial charge in [-0.1, -0.05) is 84.9 Å². The number of benzene rings is 4. The lowest BCUT2D eigenvalue weighted by molar-refractivity contribution is -0.930. The maximum Gasteiger partial charge on any atom is 0.137 e. The van der Waals surface area contributed by atoms with Crippen LogP contribution < -0.4 is 9.64 Å². The molecule has 0 heterocycles. The van der Waals surface area contributed by atoms with Crippen molar-refractivity contribution < 1.29 is 14.7 Å². The minimum Gasteiger partial charge on any atom is -0.491 e. The molecule has 0 radical (unpaired) electrons. The molecule has 0 amide bonds. The Hall–Kier alpha value is -3.91. The van der Waals surface area contributed by atoms with Crippen LogP contribution in [0.2, 0.25) is 0 Å². The fraction of sp³-hybridized carbons (Fsp3) is 0.167. The van der Waals surface area contributed by atoms with Gasteiger partial charge in [0.15, 0.2) is 0 Å². The zero-order valence-corrected chi connectivity index (χ0v) is 19.1. The molecule has 0 spiro atoms. The quantitative estimate of drug-likeness (QED) is 0.381. The minimum atomic E-state index is -0.583. The number of aliphatic hydroxyl groups is 1. The topological polar surface area (TPSA) is 57.7 Å². The van der Waals surface area contributed by atoms with Gasteiger partial charge in [-0.2, -0.15) is 5.26 Å². The normalized spacial score (nSPS) is 11.7. The Morgan fingerprint density at radius 1 is 0.706 bits per heavy atom. The molecular formula is C30H29N2O2+. The van der Waals surface area contributed by atoms with Gasteiger partial charge in [-0.3, -0.25) is 0 Å². The van der Waals surface area contributed by atoms with Crippen LogP contribution in [-0.2, 0) is 13.1 Å². The zero-order chi connectivity index (χ0) is 23.6. The van der Waals surface area contributed by atoms with Gasteiger partial charge in [0.2, 0.25) is 0 Å². The van der Waals surface area contributed by atoms with Crippen LogP contribution in [0.4, 0.5) is 0 Å². The van der Waals surface area contributed by atoms with E-state index < -0.39 is 6.10 Å². The van der Waals surface area contributed by atoms with Crippen molar-refractivity contribution in [2.75, 3.05) is 13.2 Å². The number of nitrogens with zero attached hydrogens (tertiary/aromatic N) is 1. The summed E-state index contributed by atoms with van der Waals surface area (Å²) < 4.78 is 5.89. The molecule has 0 aliphatic carbocycles. The van der Waals surface area contributed by atoms with E-state index in [1.54, 1.807) is 0 Å². The van der Waals surface area contributed by atoms with E-state index in [9.17, 15) is 5.11 Å². The number of ether oxygens (including phenoxy) is 1. The Balaban J connectivity index is 1.34. The van der Waals surface area contributed by atoms with Crippen molar-refractivity contribution in [1.29, 1.82) is 5.26 Å². The number of nitriles is 1. The highest BCUT2D eigenvalue weighted by atomic mass is 16.5. The Morgan fingerprint density at radius 2 is 1.21 bits per heavy atom. The number of hydrogen-bond acceptors (Lipinski definition) is 3. The van der Waals surface area contributed by atoms with Crippen LogP contribution in [0.3, 0.4) is 0 Å². The first-order valence-corrected chi connectivity index (χ1v) is 11.5. The molecule has 0 aliphatic rings. The molecule has 0 saturated carbocycles. The third-order valence-corrected chi connectivity index (χ3v) is 5.76. The number of hydrogen-bond donors (Lipinski definition) is 2. The molecule has 1 atom stereocenters. The summed E-state index contributed by atoms with van der Waals surface area (Å²) in [5, 5.41) is 19.7. The summed E-state index contributed by atoms with van der Waals surface area (Å²) in [5.41, 5.74) is 5.25. The smallest absolute Gasteiger partial charge is 0.137 e. The van der Waals surface area contributed by atoms with Crippen molar-refractivity contribution in [2.24, 2.45) is 0 Å². The fourth-order valence-corrected chi connectivity index (χ4v) is 4.04. The molecule has 4 heteroatoms. The molecule has 0 aromatic heterocycles. The first-order valence-electron chi connectivity index (χ1n) is 11.5. The predicted molar refractivity (Wildman–Crippen MR) is 134 cm³/mol. The Kier molecular flexibility index (Phi) is 8.08. The maximum absolute atomic E-state index is 10.7. The number of nitrogens with one attached hydrogen (secondary N) is 1. The standard InChI is InChI=1S/C30H28N2O2/c31-19-24-11-13-27(14-12-24)28-15-17-30(18-16-28)34-23-29(33)22-32(20-25-7-3-1-4-8-25)21-26-9-5-2-6-10-26/h1-18,29,33H,20-23H2/p+1/t29-/m0/s1. The molecule has 2 N–H and O–H groups in total. The number of rotatable bonds is 10. The van der Waals surface area contributed by atoms with Crippen LogP contribution in [0.1, 0.15) is 16.7 Å². The molecule has 0 bridgehead atoms. The van der Waals surface area contributed by atoms with Gasteiger partial charge < -0.3 is 14.7 Å². The monoisotopic (exact) mass is 449 g/mol. The van der Waals surface area contributed by atoms with Gasteiger partial charge >= 0.3 is 0 Å². The number of quaternary nitrogens is 1. The first-order chi connectivity index (χ1) is 16.7. The van der Waals surface area contributed by atoms with E-state index in [1.807, 2.05) is 60.7 Å². The molecule has 0 unspecified atom stereocenters. The summed E-state index contributed by atoms with van der Waals surface area (Å²) in [4.78, 5) is 1.28. The fourth-order valence-electron chi connectivity index (χ4n) is 4.04. The molecule has 4 nitrogen and oxygen atoms in total. The lowest BCUT2D eigenvalue weighted by atomic mass is 10.0. The van der Waals surface area contributed by atoms with E-state index in [0.29, 0.717) is 12.1 Å². The summed E-state index contributed by atoms with van der Waals surface area (Å²) in [6.07, 6.45) is -0.583. The molecule has 34 heavy (non-hydrogen) atoms. The highest BCUT2D eigenvalue weighted by molar-refractivity contribution is 5.64. The van der Waals surface area contributed by atoms with Crippen molar-refractivity contribution in [2.45, 2.75) is 19.2 Å². The minimum absolute atomic E-state index is 0.239. The third-order valence-electron chi connectivity index (χ3n) is 5.76. The van der Waals surface area contributed by atoms with Crippen LogP contribution >= 0.6 is 0 Å². The second kappa shape index (κ2) is 11.8. The largest absolute Gasteiger partial charge is 0.491 e. The van der Waals surface area contributed by atoms with Crippen LogP contribution in [0.25, 0.3) is 11.1 Å². The van der Waals surface area contributed by atoms with Crippen molar-refractivity contribution in [3.8, 4) is 22.9 Å². The van der Waals surface area contributed by atoms with Crippen molar-refractivity contribution in [1.82, 2.24) is 0 Å². The average Bonchev–Trinajstić information content (AvgIpc) is 2.89. The zero-order valence-electron chi connectivity index (χ0n) is 19.1. The van der Waals surface area contributed by atoms with E-state index >= 15 is 0 Å². The Labute approximate surface area is 201 Å². The van der Waals surface area contributed by atoms with E-state index in [-0.39, 0.29) is 6.61 Å². The maximum atomic E-state index is 10.7. The van der Waals surface area contributed by atoms with Gasteiger partial charge in [0.25, 0.3) is 0 Å². The molecular weight excluding hydrogens is 420 g/mol. The van der Waals surface area contributed by atoms with Crippen molar-refractivity contribution in [3.05, 3.63) is 126 Å². The summed E-state index contributed by atoms with van der Waals surface area (Å²) in [6, 6.07) is 38.2. The van der Waals surface area contributed by atoms with Gasteiger partial charge in [-0.25, -0.2) is 0 Å². The van der Waals surface area contributed by atoms with E-state index in [4.69, 9.17) is 10.00 Å². The Bertz CT molecular complexity index is 1140. The van der Waals surface area contributed by atoms with Crippen molar-refractivity contribution in [3.63, 3.8) is 0 Å². The number of aliphatic hydroxyl groups excluding tert-OH is 1. The summed E-state index contributed by atoms with van der Waals surface area (Å²) in [5.74, 6) is 0.726. The lowest BCUT2D eigenvalue weighted by Gasteiger charge is -2.23. The van der Waals surface area contributed by atoms with Crippen LogP contribution in [0.15, 0.2) is 109 Å². The molecule has 4 aromatic carbocycles. The molecule has 0 aliphatic heterocycles. The van der Waals surface area contributed by atoms with Crippen LogP contribution in [0, 0.1) is 11.3 Å². The van der Waals surface area contributed by atoms with Crippen LogP contribution in [0.5, 0.6) is 5.75 Å². The summed E-state index contributed by atoms with van der Waals surface area (Å²) >= 11 is 0. The highest BCUT2D eigenvalue weighted by Gasteiger charge is 2.17. The molecule has 4 rings (SSSR count). The van der Waals surface area contributed by atoms with Crippen molar-refractivity contribution >= 4 is 0 Å². The average molecular weight is 450 g/mol. The SMILES string of the molecule is N#Cc1ccc(-c2ccc(OC[C@@H](O)C[NH+](Cc3ccccc3)Cc3ccccc3)cc2)cc1. The van der Waals surface area contributed by atoms with Crippen LogP contribution in [-0.4, -0.2) is 24.4 Å². The van der Waals surface area contributed by atoms with Gasteiger partial charge in [0, 0.05) is 11.1 Å². The van der Waals surface area contributed by atoms with E-state index in [0.717, 1.165) is 30.0 Å². The van der Waals surface area contributed by atoms with Gasteiger partial charge in [0.1, 0.15) is 38.1 Å². The molecule has 4 aromatic rings. The van der Waals surface area contributed by atoms with Gasteiger partial charge in [-0.15, -0.1) is 0 Å². The first kappa shape index (κ1) is 23.3.